The van der Waals surface area contributed by atoms with Crippen molar-refractivity contribution < 1.29 is 22.5 Å². The van der Waals surface area contributed by atoms with Gasteiger partial charge in [0, 0.05) is 30.0 Å². The molecule has 3 aromatic rings. The van der Waals surface area contributed by atoms with E-state index in [4.69, 9.17) is 4.42 Å². The summed E-state index contributed by atoms with van der Waals surface area (Å²) in [6.45, 7) is 0. The van der Waals surface area contributed by atoms with Crippen LogP contribution in [0.3, 0.4) is 0 Å². The fourth-order valence-corrected chi connectivity index (χ4v) is 2.36. The number of nitriles is 1. The first kappa shape index (κ1) is 18.8. The summed E-state index contributed by atoms with van der Waals surface area (Å²) in [5.74, 6) is 0.699. The van der Waals surface area contributed by atoms with Gasteiger partial charge in [0.1, 0.15) is 17.6 Å². The molecule has 9 heteroatoms. The van der Waals surface area contributed by atoms with Crippen LogP contribution in [0, 0.1) is 21.4 Å². The maximum atomic E-state index is 12.6. The van der Waals surface area contributed by atoms with Gasteiger partial charge in [-0.25, -0.2) is 0 Å². The zero-order chi connectivity index (χ0) is 20.3. The van der Waals surface area contributed by atoms with Crippen molar-refractivity contribution in [1.82, 2.24) is 4.98 Å². The van der Waals surface area contributed by atoms with E-state index in [1.807, 2.05) is 6.07 Å². The summed E-state index contributed by atoms with van der Waals surface area (Å²) >= 11 is 0. The molecule has 0 N–H and O–H groups in total. The lowest BCUT2D eigenvalue weighted by Crippen LogP contribution is -2.05. The number of rotatable bonds is 4. The zero-order valence-corrected chi connectivity index (χ0v) is 14.0. The van der Waals surface area contributed by atoms with Crippen molar-refractivity contribution in [2.24, 2.45) is 0 Å². The normalized spacial score (nSPS) is 11.9. The molecule has 2 aromatic heterocycles. The van der Waals surface area contributed by atoms with Gasteiger partial charge in [-0.3, -0.25) is 15.1 Å². The smallest absolute Gasteiger partial charge is 0.417 e. The van der Waals surface area contributed by atoms with Crippen LogP contribution >= 0.6 is 0 Å². The molecule has 140 valence electrons. The van der Waals surface area contributed by atoms with Crippen LogP contribution in [0.4, 0.5) is 18.9 Å². The molecule has 1 aromatic carbocycles. The highest BCUT2D eigenvalue weighted by atomic mass is 19.4. The van der Waals surface area contributed by atoms with Gasteiger partial charge in [-0.15, -0.1) is 0 Å². The molecular weight excluding hydrogens is 375 g/mol. The van der Waals surface area contributed by atoms with Crippen molar-refractivity contribution in [3.8, 4) is 17.4 Å². The van der Waals surface area contributed by atoms with Gasteiger partial charge < -0.3 is 4.42 Å². The number of benzene rings is 1. The Morgan fingerprint density at radius 3 is 2.39 bits per heavy atom. The topological polar surface area (TPSA) is 93.0 Å². The molecular formula is C19H10F3N3O3. The standard InChI is InChI=1S/C19H10F3N3O3/c20-19(21,22)14-3-7-17(24-11-14)13(10-23)9-16-6-8-18(28-16)12-1-4-15(5-2-12)25(26)27/h1-9,11H/b13-9+. The second kappa shape index (κ2) is 7.36. The zero-order valence-electron chi connectivity index (χ0n) is 14.0. The number of hydrogen-bond donors (Lipinski definition) is 0. The van der Waals surface area contributed by atoms with Crippen molar-refractivity contribution in [3.63, 3.8) is 0 Å². The maximum Gasteiger partial charge on any atom is 0.417 e. The number of aromatic nitrogens is 1. The summed E-state index contributed by atoms with van der Waals surface area (Å²) < 4.78 is 43.4. The van der Waals surface area contributed by atoms with E-state index >= 15 is 0 Å². The SMILES string of the molecule is N#C/C(=C\c1ccc(-c2ccc([N+](=O)[O-])cc2)o1)c1ccc(C(F)(F)F)cn1. The summed E-state index contributed by atoms with van der Waals surface area (Å²) in [7, 11) is 0. The molecule has 0 unspecified atom stereocenters. The lowest BCUT2D eigenvalue weighted by Gasteiger charge is -2.06. The first-order valence-corrected chi connectivity index (χ1v) is 7.78. The molecule has 2 heterocycles. The van der Waals surface area contributed by atoms with Crippen LogP contribution in [0.15, 0.2) is 59.1 Å². The minimum absolute atomic E-state index is 0.0262. The summed E-state index contributed by atoms with van der Waals surface area (Å²) in [5, 5.41) is 20.0. The number of nitrogens with zero attached hydrogens (tertiary/aromatic N) is 3. The number of non-ortho nitro benzene ring substituents is 1. The fourth-order valence-electron chi connectivity index (χ4n) is 2.36. The molecule has 0 saturated carbocycles. The van der Waals surface area contributed by atoms with Crippen LogP contribution < -0.4 is 0 Å². The average molecular weight is 385 g/mol. The molecule has 28 heavy (non-hydrogen) atoms. The molecule has 0 bridgehead atoms. The van der Waals surface area contributed by atoms with Crippen LogP contribution in [-0.2, 0) is 6.18 Å². The molecule has 0 amide bonds. The fraction of sp³-hybridized carbons (Fsp3) is 0.0526. The Morgan fingerprint density at radius 2 is 1.86 bits per heavy atom. The quantitative estimate of drug-likeness (QED) is 0.344. The van der Waals surface area contributed by atoms with Gasteiger partial charge in [0.2, 0.25) is 0 Å². The molecule has 0 saturated heterocycles. The number of alkyl halides is 3. The molecule has 0 aliphatic heterocycles. The van der Waals surface area contributed by atoms with Gasteiger partial charge >= 0.3 is 6.18 Å². The van der Waals surface area contributed by atoms with E-state index in [0.29, 0.717) is 17.5 Å². The van der Waals surface area contributed by atoms with Gasteiger partial charge in [0.05, 0.1) is 21.8 Å². The third-order valence-electron chi connectivity index (χ3n) is 3.76. The van der Waals surface area contributed by atoms with Crippen molar-refractivity contribution in [3.05, 3.63) is 81.9 Å². The van der Waals surface area contributed by atoms with Crippen LogP contribution in [0.25, 0.3) is 23.0 Å². The summed E-state index contributed by atoms with van der Waals surface area (Å²) in [6, 6.07) is 12.7. The van der Waals surface area contributed by atoms with E-state index in [1.54, 1.807) is 12.1 Å². The van der Waals surface area contributed by atoms with Crippen LogP contribution in [0.2, 0.25) is 0 Å². The van der Waals surface area contributed by atoms with E-state index < -0.39 is 16.7 Å². The summed E-state index contributed by atoms with van der Waals surface area (Å²) in [6.07, 6.45) is -2.50. The molecule has 6 nitrogen and oxygen atoms in total. The van der Waals surface area contributed by atoms with Gasteiger partial charge in [-0.1, -0.05) is 0 Å². The van der Waals surface area contributed by atoms with E-state index in [-0.39, 0.29) is 22.7 Å². The lowest BCUT2D eigenvalue weighted by molar-refractivity contribution is -0.384. The van der Waals surface area contributed by atoms with E-state index in [9.17, 15) is 28.5 Å². The Balaban J connectivity index is 1.86. The lowest BCUT2D eigenvalue weighted by atomic mass is 10.1. The minimum atomic E-state index is -4.51. The van der Waals surface area contributed by atoms with Crippen molar-refractivity contribution in [2.45, 2.75) is 6.18 Å². The van der Waals surface area contributed by atoms with Crippen molar-refractivity contribution in [2.75, 3.05) is 0 Å². The second-order valence-corrected chi connectivity index (χ2v) is 5.61. The number of pyridine rings is 1. The van der Waals surface area contributed by atoms with Gasteiger partial charge in [-0.05, 0) is 36.4 Å². The monoisotopic (exact) mass is 385 g/mol. The third kappa shape index (κ3) is 4.07. The number of halogens is 3. The predicted molar refractivity (Wildman–Crippen MR) is 93.5 cm³/mol. The molecule has 0 aliphatic rings. The van der Waals surface area contributed by atoms with Crippen LogP contribution in [0.5, 0.6) is 0 Å². The van der Waals surface area contributed by atoms with E-state index in [2.05, 4.69) is 4.98 Å². The maximum absolute atomic E-state index is 12.6. The van der Waals surface area contributed by atoms with Gasteiger partial charge in [0.25, 0.3) is 5.69 Å². The minimum Gasteiger partial charge on any atom is -0.457 e. The third-order valence-corrected chi connectivity index (χ3v) is 3.76. The van der Waals surface area contributed by atoms with Gasteiger partial charge in [-0.2, -0.15) is 18.4 Å². The Hall–Kier alpha value is -3.93. The molecule has 0 aliphatic carbocycles. The number of allylic oxidation sites excluding steroid dienone is 1. The number of furan rings is 1. The predicted octanol–water partition coefficient (Wildman–Crippen LogP) is 5.33. The molecule has 0 spiro atoms. The molecule has 0 fully saturated rings. The molecule has 0 radical (unpaired) electrons. The van der Waals surface area contributed by atoms with Crippen LogP contribution in [-0.4, -0.2) is 9.91 Å². The Morgan fingerprint density at radius 1 is 1.14 bits per heavy atom. The molecule has 0 atom stereocenters. The highest BCUT2D eigenvalue weighted by molar-refractivity contribution is 5.87. The Labute approximate surface area is 156 Å². The first-order valence-electron chi connectivity index (χ1n) is 7.78. The van der Waals surface area contributed by atoms with Crippen molar-refractivity contribution >= 4 is 17.3 Å². The second-order valence-electron chi connectivity index (χ2n) is 5.61. The highest BCUT2D eigenvalue weighted by Gasteiger charge is 2.30. The van der Waals surface area contributed by atoms with E-state index in [1.165, 1.54) is 30.3 Å². The first-order chi connectivity index (χ1) is 13.3. The largest absolute Gasteiger partial charge is 0.457 e. The average Bonchev–Trinajstić information content (AvgIpc) is 3.14. The Kier molecular flexibility index (Phi) is 4.96. The highest BCUT2D eigenvalue weighted by Crippen LogP contribution is 2.30. The number of nitro groups is 1. The van der Waals surface area contributed by atoms with Crippen molar-refractivity contribution in [1.29, 1.82) is 5.26 Å². The van der Waals surface area contributed by atoms with Crippen LogP contribution in [0.1, 0.15) is 17.0 Å². The summed E-state index contributed by atoms with van der Waals surface area (Å²) in [5.41, 5.74) is -0.277. The number of hydrogen-bond acceptors (Lipinski definition) is 5. The van der Waals surface area contributed by atoms with E-state index in [0.717, 1.165) is 12.1 Å². The molecule has 3 rings (SSSR count). The Bertz CT molecular complexity index is 1080. The summed E-state index contributed by atoms with van der Waals surface area (Å²) in [4.78, 5) is 13.9. The number of nitro benzene ring substituents is 1. The van der Waals surface area contributed by atoms with Gasteiger partial charge in [0.15, 0.2) is 0 Å².